The molecule has 1 N–H and O–H groups in total. The number of aryl methyl sites for hydroxylation is 2. The van der Waals surface area contributed by atoms with Crippen LogP contribution >= 0.6 is 0 Å². The molecule has 10 nitrogen and oxygen atoms in total. The lowest BCUT2D eigenvalue weighted by atomic mass is 9.84. The number of hydrogen-bond acceptors (Lipinski definition) is 8. The number of nitrogens with zero attached hydrogens (tertiary/aromatic N) is 2. The summed E-state index contributed by atoms with van der Waals surface area (Å²) < 4.78 is 5.57. The van der Waals surface area contributed by atoms with E-state index in [1.807, 2.05) is 84.0 Å². The van der Waals surface area contributed by atoms with E-state index < -0.39 is 40.6 Å². The Labute approximate surface area is 313 Å². The Morgan fingerprint density at radius 1 is 1.06 bits per heavy atom. The predicted molar refractivity (Wildman–Crippen MR) is 202 cm³/mol. The van der Waals surface area contributed by atoms with Crippen molar-refractivity contribution in [3.8, 4) is 5.75 Å². The Kier molecular flexibility index (Phi) is 11.0. The van der Waals surface area contributed by atoms with E-state index >= 15 is 0 Å². The molecule has 2 aromatic carbocycles. The molecule has 6 rings (SSSR count). The van der Waals surface area contributed by atoms with E-state index in [2.05, 4.69) is 10.5 Å². The summed E-state index contributed by atoms with van der Waals surface area (Å²) in [5.41, 5.74) is 2.96. The van der Waals surface area contributed by atoms with Crippen molar-refractivity contribution in [1.82, 2.24) is 10.2 Å². The maximum atomic E-state index is 14.8. The average molecular weight is 726 g/mol. The van der Waals surface area contributed by atoms with Crippen LogP contribution < -0.4 is 10.1 Å². The zero-order valence-corrected chi connectivity index (χ0v) is 32.3. The number of ketones is 3. The number of benzene rings is 2. The molecular weight excluding hydrogens is 670 g/mol. The standard InChI is InChI=1S/C43H55N3O7/c1-8-12-35(47)37(49)30(19-27-15-16-27)20-36(48)34-23-43(22-33(45-53-43)29-17-25(2)38(52-7)26(3)18-29)24-46(34)41(51)39(42(4,5)6)44-40(50)32-21-31(32)28-13-10-9-11-14-28/h9-11,13-14,17-18,27,30-32,34,39H,8,12,15-16,19-24H2,1-7H3,(H,44,50)/t30-,31?,32-,34+,39-,43-/m1/s1. The van der Waals surface area contributed by atoms with Gasteiger partial charge in [-0.25, -0.2) is 0 Å². The molecule has 2 aliphatic carbocycles. The Morgan fingerprint density at radius 2 is 1.74 bits per heavy atom. The van der Waals surface area contributed by atoms with Gasteiger partial charge in [0.2, 0.25) is 17.6 Å². The van der Waals surface area contributed by atoms with Crippen LogP contribution in [0.1, 0.15) is 114 Å². The minimum Gasteiger partial charge on any atom is -0.496 e. The van der Waals surface area contributed by atoms with E-state index in [0.29, 0.717) is 37.3 Å². The lowest BCUT2D eigenvalue weighted by Gasteiger charge is -2.35. The summed E-state index contributed by atoms with van der Waals surface area (Å²) in [6.45, 7) is 11.6. The van der Waals surface area contributed by atoms with Crippen LogP contribution in [0.15, 0.2) is 47.6 Å². The fourth-order valence-electron chi connectivity index (χ4n) is 8.39. The SMILES string of the molecule is CCCC(=O)C(=O)[C@@H](CC(=O)[C@@H]1C[C@]2(CC(c3cc(C)c(OC)c(C)c3)=NO2)CN1C(=O)[C@@H](NC(=O)[C@@H]1CC1c1ccccc1)C(C)(C)C)CC1CC1. The summed E-state index contributed by atoms with van der Waals surface area (Å²) in [6.07, 6.45) is 4.32. The molecule has 1 saturated heterocycles. The third kappa shape index (κ3) is 8.42. The maximum Gasteiger partial charge on any atom is 0.246 e. The largest absolute Gasteiger partial charge is 0.496 e. The van der Waals surface area contributed by atoms with E-state index in [0.717, 1.165) is 40.8 Å². The van der Waals surface area contributed by atoms with Crippen LogP contribution in [-0.2, 0) is 28.8 Å². The molecule has 2 heterocycles. The number of rotatable bonds is 15. The van der Waals surface area contributed by atoms with Crippen molar-refractivity contribution in [3.05, 3.63) is 64.7 Å². The monoisotopic (exact) mass is 725 g/mol. The first-order valence-corrected chi connectivity index (χ1v) is 19.3. The third-order valence-electron chi connectivity index (χ3n) is 11.5. The highest BCUT2D eigenvalue weighted by molar-refractivity contribution is 6.38. The Bertz CT molecular complexity index is 1770. The van der Waals surface area contributed by atoms with Gasteiger partial charge in [0.25, 0.3) is 0 Å². The summed E-state index contributed by atoms with van der Waals surface area (Å²) in [7, 11) is 1.64. The second kappa shape index (κ2) is 15.2. The summed E-state index contributed by atoms with van der Waals surface area (Å²) in [4.78, 5) is 77.0. The molecule has 1 unspecified atom stereocenters. The molecule has 2 saturated carbocycles. The van der Waals surface area contributed by atoms with Crippen LogP contribution in [0.5, 0.6) is 5.75 Å². The van der Waals surface area contributed by atoms with Crippen molar-refractivity contribution < 1.29 is 33.5 Å². The average Bonchev–Trinajstić information content (AvgIpc) is 4.04. The van der Waals surface area contributed by atoms with Crippen molar-refractivity contribution in [2.75, 3.05) is 13.7 Å². The van der Waals surface area contributed by atoms with Gasteiger partial charge >= 0.3 is 0 Å². The Hall–Kier alpha value is -4.34. The normalized spacial score (nSPS) is 24.6. The minimum atomic E-state index is -0.970. The summed E-state index contributed by atoms with van der Waals surface area (Å²) >= 11 is 0. The van der Waals surface area contributed by atoms with Crippen molar-refractivity contribution in [2.45, 2.75) is 123 Å². The van der Waals surface area contributed by atoms with Gasteiger partial charge in [-0.3, -0.25) is 24.0 Å². The molecule has 6 atom stereocenters. The molecule has 2 amide bonds. The lowest BCUT2D eigenvalue weighted by Crippen LogP contribution is -2.57. The van der Waals surface area contributed by atoms with Gasteiger partial charge in [0.15, 0.2) is 17.2 Å². The van der Waals surface area contributed by atoms with Gasteiger partial charge in [-0.2, -0.15) is 0 Å². The van der Waals surface area contributed by atoms with Crippen LogP contribution in [0.3, 0.4) is 0 Å². The zero-order chi connectivity index (χ0) is 38.2. The first kappa shape index (κ1) is 38.4. The number of hydrogen-bond donors (Lipinski definition) is 1. The van der Waals surface area contributed by atoms with Crippen molar-refractivity contribution in [1.29, 1.82) is 0 Å². The molecule has 1 spiro atoms. The molecule has 10 heteroatoms. The number of Topliss-reactive ketones (excluding diaryl/α,β-unsaturated/α-hetero) is 3. The molecule has 2 aromatic rings. The summed E-state index contributed by atoms with van der Waals surface area (Å²) in [6, 6.07) is 12.1. The number of likely N-dealkylation sites (tertiary alicyclic amines) is 1. The summed E-state index contributed by atoms with van der Waals surface area (Å²) in [5, 5.41) is 7.61. The van der Waals surface area contributed by atoms with Crippen LogP contribution in [-0.4, -0.2) is 71.1 Å². The van der Waals surface area contributed by atoms with Crippen molar-refractivity contribution in [2.24, 2.45) is 28.3 Å². The van der Waals surface area contributed by atoms with Crippen LogP contribution in [0.25, 0.3) is 0 Å². The molecule has 284 valence electrons. The van der Waals surface area contributed by atoms with E-state index in [1.54, 1.807) is 12.0 Å². The topological polar surface area (TPSA) is 131 Å². The zero-order valence-electron chi connectivity index (χ0n) is 32.3. The number of amides is 2. The first-order chi connectivity index (χ1) is 25.1. The van der Waals surface area contributed by atoms with Gasteiger partial charge in [-0.15, -0.1) is 0 Å². The molecule has 0 bridgehead atoms. The Morgan fingerprint density at radius 3 is 2.34 bits per heavy atom. The van der Waals surface area contributed by atoms with Gasteiger partial charge in [0, 0.05) is 43.1 Å². The fourth-order valence-corrected chi connectivity index (χ4v) is 8.39. The quantitative estimate of drug-likeness (QED) is 0.210. The number of ether oxygens (including phenoxy) is 1. The summed E-state index contributed by atoms with van der Waals surface area (Å²) in [5.74, 6) is -1.46. The molecule has 53 heavy (non-hydrogen) atoms. The van der Waals surface area contributed by atoms with Crippen LogP contribution in [0, 0.1) is 37.0 Å². The number of nitrogens with one attached hydrogen (secondary N) is 1. The van der Waals surface area contributed by atoms with E-state index in [-0.39, 0.29) is 55.2 Å². The van der Waals surface area contributed by atoms with Crippen LogP contribution in [0.4, 0.5) is 0 Å². The smallest absolute Gasteiger partial charge is 0.246 e. The molecule has 0 aromatic heterocycles. The fraction of sp³-hybridized carbons (Fsp3) is 0.581. The number of oxime groups is 1. The second-order valence-electron chi connectivity index (χ2n) is 17.1. The minimum absolute atomic E-state index is 0.0951. The maximum absolute atomic E-state index is 14.8. The molecule has 4 aliphatic rings. The molecule has 3 fully saturated rings. The van der Waals surface area contributed by atoms with Crippen molar-refractivity contribution >= 4 is 34.9 Å². The van der Waals surface area contributed by atoms with Gasteiger partial charge in [-0.1, -0.05) is 76.0 Å². The van der Waals surface area contributed by atoms with E-state index in [4.69, 9.17) is 9.57 Å². The van der Waals surface area contributed by atoms with Gasteiger partial charge in [0.1, 0.15) is 11.8 Å². The predicted octanol–water partition coefficient (Wildman–Crippen LogP) is 6.42. The number of methoxy groups -OCH3 is 1. The number of carbonyl (C=O) groups is 5. The van der Waals surface area contributed by atoms with Gasteiger partial charge in [-0.05, 0) is 79.2 Å². The second-order valence-corrected chi connectivity index (χ2v) is 17.1. The van der Waals surface area contributed by atoms with Gasteiger partial charge < -0.3 is 19.8 Å². The van der Waals surface area contributed by atoms with Gasteiger partial charge in [0.05, 0.1) is 25.4 Å². The van der Waals surface area contributed by atoms with Crippen molar-refractivity contribution in [3.63, 3.8) is 0 Å². The highest BCUT2D eigenvalue weighted by Crippen LogP contribution is 2.48. The Balaban J connectivity index is 1.26. The highest BCUT2D eigenvalue weighted by Gasteiger charge is 2.56. The highest BCUT2D eigenvalue weighted by atomic mass is 16.7. The van der Waals surface area contributed by atoms with E-state index in [9.17, 15) is 24.0 Å². The first-order valence-electron chi connectivity index (χ1n) is 19.3. The molecule has 2 aliphatic heterocycles. The van der Waals surface area contributed by atoms with Crippen LogP contribution in [0.2, 0.25) is 0 Å². The number of carbonyl (C=O) groups excluding carboxylic acids is 5. The molecule has 0 radical (unpaired) electrons. The molecular formula is C43H55N3O7. The lowest BCUT2D eigenvalue weighted by molar-refractivity contribution is -0.145. The third-order valence-corrected chi connectivity index (χ3v) is 11.5. The van der Waals surface area contributed by atoms with E-state index in [1.165, 1.54) is 0 Å².